The Hall–Kier alpha value is -0.900. The van der Waals surface area contributed by atoms with E-state index in [4.69, 9.17) is 9.84 Å². The molecule has 0 aromatic heterocycles. The predicted molar refractivity (Wildman–Crippen MR) is 63.4 cm³/mol. The summed E-state index contributed by atoms with van der Waals surface area (Å²) < 4.78 is 5.51. The van der Waals surface area contributed by atoms with Crippen LogP contribution in [0.15, 0.2) is 30.3 Å². The highest BCUT2D eigenvalue weighted by Crippen LogP contribution is 2.12. The Bertz CT molecular complexity index is 300. The molecule has 1 aromatic rings. The summed E-state index contributed by atoms with van der Waals surface area (Å²) in [5.41, 5.74) is 1.33. The number of rotatable bonds is 4. The Balaban J connectivity index is 1.96. The molecule has 0 aliphatic carbocycles. The molecule has 0 radical (unpaired) electrons. The second-order valence-corrected chi connectivity index (χ2v) is 4.18. The van der Waals surface area contributed by atoms with Crippen molar-refractivity contribution in [3.8, 4) is 0 Å². The Morgan fingerprint density at radius 3 is 2.88 bits per heavy atom. The maximum atomic E-state index is 9.02. The molecule has 1 heterocycles. The van der Waals surface area contributed by atoms with E-state index < -0.39 is 0 Å². The van der Waals surface area contributed by atoms with E-state index in [0.29, 0.717) is 6.04 Å². The van der Waals surface area contributed by atoms with Crippen LogP contribution in [0.1, 0.15) is 5.56 Å². The van der Waals surface area contributed by atoms with Crippen molar-refractivity contribution in [2.75, 3.05) is 32.9 Å². The maximum absolute atomic E-state index is 9.02. The third-order valence-electron chi connectivity index (χ3n) is 3.05. The van der Waals surface area contributed by atoms with Crippen LogP contribution in [-0.2, 0) is 11.2 Å². The van der Waals surface area contributed by atoms with Crippen LogP contribution in [0.3, 0.4) is 0 Å². The summed E-state index contributed by atoms with van der Waals surface area (Å²) in [6.07, 6.45) is 1.00. The van der Waals surface area contributed by atoms with Crippen molar-refractivity contribution in [1.29, 1.82) is 0 Å². The minimum Gasteiger partial charge on any atom is -0.395 e. The molecule has 1 fully saturated rings. The highest BCUT2D eigenvalue weighted by molar-refractivity contribution is 5.16. The first kappa shape index (κ1) is 11.6. The lowest BCUT2D eigenvalue weighted by Gasteiger charge is -2.35. The van der Waals surface area contributed by atoms with E-state index in [9.17, 15) is 0 Å². The zero-order valence-electron chi connectivity index (χ0n) is 9.51. The second-order valence-electron chi connectivity index (χ2n) is 4.18. The van der Waals surface area contributed by atoms with E-state index in [1.54, 1.807) is 0 Å². The molecule has 0 unspecified atom stereocenters. The number of hydrogen-bond donors (Lipinski definition) is 1. The average Bonchev–Trinajstić information content (AvgIpc) is 2.33. The number of aliphatic hydroxyl groups excluding tert-OH is 1. The normalized spacial score (nSPS) is 22.2. The van der Waals surface area contributed by atoms with Gasteiger partial charge in [-0.05, 0) is 12.0 Å². The summed E-state index contributed by atoms with van der Waals surface area (Å²) in [5, 5.41) is 9.02. The fourth-order valence-corrected chi connectivity index (χ4v) is 2.19. The maximum Gasteiger partial charge on any atom is 0.0625 e. The Kier molecular flexibility index (Phi) is 4.34. The summed E-state index contributed by atoms with van der Waals surface area (Å²) in [4.78, 5) is 2.32. The average molecular weight is 221 g/mol. The van der Waals surface area contributed by atoms with Gasteiger partial charge in [0.15, 0.2) is 0 Å². The first-order valence-electron chi connectivity index (χ1n) is 5.86. The predicted octanol–water partition coefficient (Wildman–Crippen LogP) is 0.922. The molecule has 0 bridgehead atoms. The topological polar surface area (TPSA) is 32.7 Å². The monoisotopic (exact) mass is 221 g/mol. The SMILES string of the molecule is OCCN1CCOC[C@@H]1Cc1ccccc1. The summed E-state index contributed by atoms with van der Waals surface area (Å²) in [6, 6.07) is 10.9. The molecule has 0 saturated carbocycles. The van der Waals surface area contributed by atoms with Gasteiger partial charge in [-0.1, -0.05) is 30.3 Å². The van der Waals surface area contributed by atoms with Gasteiger partial charge in [-0.2, -0.15) is 0 Å². The van der Waals surface area contributed by atoms with E-state index in [1.165, 1.54) is 5.56 Å². The van der Waals surface area contributed by atoms with Gasteiger partial charge in [0.1, 0.15) is 0 Å². The zero-order valence-corrected chi connectivity index (χ0v) is 9.51. The highest BCUT2D eigenvalue weighted by atomic mass is 16.5. The number of benzene rings is 1. The molecule has 1 saturated heterocycles. The van der Waals surface area contributed by atoms with Crippen molar-refractivity contribution in [1.82, 2.24) is 4.90 Å². The Labute approximate surface area is 96.6 Å². The van der Waals surface area contributed by atoms with Crippen LogP contribution in [0.2, 0.25) is 0 Å². The molecule has 1 aliphatic heterocycles. The minimum atomic E-state index is 0.227. The van der Waals surface area contributed by atoms with Crippen molar-refractivity contribution in [3.63, 3.8) is 0 Å². The van der Waals surface area contributed by atoms with Gasteiger partial charge < -0.3 is 9.84 Å². The van der Waals surface area contributed by atoms with Gasteiger partial charge >= 0.3 is 0 Å². The van der Waals surface area contributed by atoms with Gasteiger partial charge in [0.2, 0.25) is 0 Å². The van der Waals surface area contributed by atoms with Crippen LogP contribution in [0.5, 0.6) is 0 Å². The minimum absolute atomic E-state index is 0.227. The standard InChI is InChI=1S/C13H19NO2/c15-8-6-14-7-9-16-11-13(14)10-12-4-2-1-3-5-12/h1-5,13,15H,6-11H2/t13-/m0/s1. The molecule has 3 nitrogen and oxygen atoms in total. The number of morpholine rings is 1. The quantitative estimate of drug-likeness (QED) is 0.820. The molecule has 0 spiro atoms. The Morgan fingerprint density at radius 1 is 1.31 bits per heavy atom. The molecule has 2 rings (SSSR count). The first-order valence-corrected chi connectivity index (χ1v) is 5.86. The van der Waals surface area contributed by atoms with Gasteiger partial charge in [-0.25, -0.2) is 0 Å². The summed E-state index contributed by atoms with van der Waals surface area (Å²) in [5.74, 6) is 0. The van der Waals surface area contributed by atoms with E-state index >= 15 is 0 Å². The van der Waals surface area contributed by atoms with Crippen LogP contribution < -0.4 is 0 Å². The van der Waals surface area contributed by atoms with Crippen LogP contribution in [-0.4, -0.2) is 49.0 Å². The van der Waals surface area contributed by atoms with Crippen LogP contribution in [0.4, 0.5) is 0 Å². The fraction of sp³-hybridized carbons (Fsp3) is 0.538. The van der Waals surface area contributed by atoms with Crippen molar-refractivity contribution in [3.05, 3.63) is 35.9 Å². The van der Waals surface area contributed by atoms with Crippen molar-refractivity contribution >= 4 is 0 Å². The van der Waals surface area contributed by atoms with E-state index in [1.807, 2.05) is 6.07 Å². The second kappa shape index (κ2) is 5.99. The summed E-state index contributed by atoms with van der Waals surface area (Å²) in [7, 11) is 0. The van der Waals surface area contributed by atoms with Crippen LogP contribution in [0.25, 0.3) is 0 Å². The molecule has 1 aliphatic rings. The summed E-state index contributed by atoms with van der Waals surface area (Å²) >= 11 is 0. The Morgan fingerprint density at radius 2 is 2.12 bits per heavy atom. The van der Waals surface area contributed by atoms with Gasteiger partial charge in [0, 0.05) is 19.1 Å². The van der Waals surface area contributed by atoms with Gasteiger partial charge in [0.25, 0.3) is 0 Å². The molecule has 1 atom stereocenters. The van der Waals surface area contributed by atoms with E-state index in [0.717, 1.165) is 32.7 Å². The number of β-amino-alcohol motifs (C(OH)–C–C–N with tert-alkyl or cyclic N) is 1. The molecular weight excluding hydrogens is 202 g/mol. The fourth-order valence-electron chi connectivity index (χ4n) is 2.19. The third kappa shape index (κ3) is 3.04. The van der Waals surface area contributed by atoms with E-state index in [-0.39, 0.29) is 6.61 Å². The van der Waals surface area contributed by atoms with Crippen molar-refractivity contribution in [2.24, 2.45) is 0 Å². The molecule has 1 N–H and O–H groups in total. The lowest BCUT2D eigenvalue weighted by atomic mass is 10.0. The smallest absolute Gasteiger partial charge is 0.0625 e. The largest absolute Gasteiger partial charge is 0.395 e. The van der Waals surface area contributed by atoms with Gasteiger partial charge in [0.05, 0.1) is 19.8 Å². The van der Waals surface area contributed by atoms with Gasteiger partial charge in [-0.15, -0.1) is 0 Å². The first-order chi connectivity index (χ1) is 7.90. The lowest BCUT2D eigenvalue weighted by molar-refractivity contribution is -0.0132. The molecule has 16 heavy (non-hydrogen) atoms. The van der Waals surface area contributed by atoms with E-state index in [2.05, 4.69) is 29.2 Å². The van der Waals surface area contributed by atoms with Crippen molar-refractivity contribution < 1.29 is 9.84 Å². The highest BCUT2D eigenvalue weighted by Gasteiger charge is 2.22. The van der Waals surface area contributed by atoms with Gasteiger partial charge in [-0.3, -0.25) is 4.90 Å². The third-order valence-corrected chi connectivity index (χ3v) is 3.05. The molecule has 88 valence electrons. The molecule has 0 amide bonds. The molecule has 1 aromatic carbocycles. The molecular formula is C13H19NO2. The van der Waals surface area contributed by atoms with Crippen LogP contribution in [0, 0.1) is 0 Å². The number of aliphatic hydroxyl groups is 1. The number of hydrogen-bond acceptors (Lipinski definition) is 3. The number of nitrogens with zero attached hydrogens (tertiary/aromatic N) is 1. The number of ether oxygens (including phenoxy) is 1. The van der Waals surface area contributed by atoms with Crippen LogP contribution >= 0.6 is 0 Å². The zero-order chi connectivity index (χ0) is 11.2. The molecule has 3 heteroatoms. The summed E-state index contributed by atoms with van der Waals surface area (Å²) in [6.45, 7) is 3.46. The van der Waals surface area contributed by atoms with Crippen molar-refractivity contribution in [2.45, 2.75) is 12.5 Å². The lowest BCUT2D eigenvalue weighted by Crippen LogP contribution is -2.47.